The highest BCUT2D eigenvalue weighted by molar-refractivity contribution is 5.73. The lowest BCUT2D eigenvalue weighted by Crippen LogP contribution is -2.44. The largest absolute Gasteiger partial charge is 0.480 e. The van der Waals surface area contributed by atoms with Crippen molar-refractivity contribution in [3.05, 3.63) is 0 Å². The molecule has 0 saturated carbocycles. The highest BCUT2D eigenvalue weighted by atomic mass is 16.4. The summed E-state index contributed by atoms with van der Waals surface area (Å²) in [6, 6.07) is -1.12. The van der Waals surface area contributed by atoms with Crippen molar-refractivity contribution in [2.24, 2.45) is 11.7 Å². The van der Waals surface area contributed by atoms with E-state index >= 15 is 0 Å². The van der Waals surface area contributed by atoms with E-state index < -0.39 is 18.1 Å². The smallest absolute Gasteiger partial charge is 0.323 e. The van der Waals surface area contributed by atoms with Crippen LogP contribution in [-0.2, 0) is 4.79 Å². The molecule has 4 nitrogen and oxygen atoms in total. The summed E-state index contributed by atoms with van der Waals surface area (Å²) < 4.78 is 6.57. The zero-order valence-corrected chi connectivity index (χ0v) is 6.07. The molecule has 0 rings (SSSR count). The van der Waals surface area contributed by atoms with E-state index in [4.69, 9.17) is 12.3 Å². The van der Waals surface area contributed by atoms with Gasteiger partial charge in [-0.2, -0.15) is 0 Å². The van der Waals surface area contributed by atoms with Crippen LogP contribution in [0.5, 0.6) is 0 Å². The molecule has 2 atom stereocenters. The second kappa shape index (κ2) is 3.53. The van der Waals surface area contributed by atoms with Gasteiger partial charge in [-0.05, 0) is 5.92 Å². The Morgan fingerprint density at radius 3 is 2.30 bits per heavy atom. The molecule has 10 heavy (non-hydrogen) atoms. The average molecular weight is 148 g/mol. The standard InChI is InChI=1S/C6H13NO3/c1-3(2)5(8)4(7)6(9)10/h3-5,8H,7H2,1-2H3,(H,9,10)/t4-,5-/m0/s1/i8D. The van der Waals surface area contributed by atoms with Crippen molar-refractivity contribution in [1.29, 1.82) is 1.43 Å². The lowest BCUT2D eigenvalue weighted by Gasteiger charge is -2.17. The molecule has 4 N–H and O–H groups in total. The minimum Gasteiger partial charge on any atom is -0.480 e. The van der Waals surface area contributed by atoms with Crippen molar-refractivity contribution in [3.8, 4) is 0 Å². The second-order valence-corrected chi connectivity index (χ2v) is 2.57. The zero-order valence-electron chi connectivity index (χ0n) is 7.07. The van der Waals surface area contributed by atoms with Gasteiger partial charge in [0.25, 0.3) is 0 Å². The van der Waals surface area contributed by atoms with Gasteiger partial charge in [-0.1, -0.05) is 13.8 Å². The fourth-order valence-electron chi connectivity index (χ4n) is 0.555. The molecule has 4 heteroatoms. The predicted octanol–water partition coefficient (Wildman–Crippen LogP) is -0.585. The molecule has 0 radical (unpaired) electrons. The monoisotopic (exact) mass is 148 g/mol. The van der Waals surface area contributed by atoms with Crippen LogP contribution in [0, 0.1) is 5.92 Å². The van der Waals surface area contributed by atoms with Crippen LogP contribution < -0.4 is 5.73 Å². The number of carboxylic acids is 1. The van der Waals surface area contributed by atoms with Gasteiger partial charge in [0, 0.05) is 0 Å². The van der Waals surface area contributed by atoms with Gasteiger partial charge in [-0.3, -0.25) is 4.79 Å². The summed E-state index contributed by atoms with van der Waals surface area (Å²) in [5.41, 5.74) is 5.23. The third-order valence-corrected chi connectivity index (χ3v) is 1.30. The fraction of sp³-hybridized carbons (Fsp3) is 0.833. The van der Waals surface area contributed by atoms with E-state index in [1.54, 1.807) is 13.8 Å². The van der Waals surface area contributed by atoms with Crippen molar-refractivity contribution >= 4 is 5.97 Å². The number of carbonyl (C=O) groups is 1. The fourth-order valence-corrected chi connectivity index (χ4v) is 0.555. The highest BCUT2D eigenvalue weighted by Crippen LogP contribution is 2.03. The Hall–Kier alpha value is -0.610. The molecule has 0 amide bonds. The van der Waals surface area contributed by atoms with E-state index in [-0.39, 0.29) is 5.92 Å². The van der Waals surface area contributed by atoms with Crippen LogP contribution in [0.15, 0.2) is 0 Å². The van der Waals surface area contributed by atoms with Crippen molar-refractivity contribution in [3.63, 3.8) is 0 Å². The molecule has 60 valence electrons. The van der Waals surface area contributed by atoms with Crippen molar-refractivity contribution in [2.75, 3.05) is 0 Å². The topological polar surface area (TPSA) is 83.5 Å². The molecule has 0 aromatic rings. The Balaban J connectivity index is 4.13. The van der Waals surface area contributed by atoms with E-state index in [1.807, 2.05) is 0 Å². The Kier molecular flexibility index (Phi) is 2.65. The van der Waals surface area contributed by atoms with Crippen LogP contribution in [-0.4, -0.2) is 29.8 Å². The quantitative estimate of drug-likeness (QED) is 0.498. The molecule has 0 aliphatic carbocycles. The first kappa shape index (κ1) is 7.50. The van der Waals surface area contributed by atoms with Gasteiger partial charge in [0.1, 0.15) is 6.04 Å². The number of aliphatic carboxylic acids is 1. The Bertz CT molecular complexity index is 140. The zero-order chi connectivity index (χ0) is 9.02. The lowest BCUT2D eigenvalue weighted by molar-refractivity contribution is -0.141. The van der Waals surface area contributed by atoms with Gasteiger partial charge >= 0.3 is 5.97 Å². The number of carboxylic acid groups (broad SMARTS) is 1. The molecule has 0 aromatic heterocycles. The van der Waals surface area contributed by atoms with E-state index in [1.165, 1.54) is 0 Å². The van der Waals surface area contributed by atoms with Gasteiger partial charge in [0.05, 0.1) is 6.10 Å². The summed E-state index contributed by atoms with van der Waals surface area (Å²) in [6.07, 6.45) is -0.743. The highest BCUT2D eigenvalue weighted by Gasteiger charge is 2.24. The first-order valence-corrected chi connectivity index (χ1v) is 3.11. The molecule has 0 aliphatic rings. The maximum atomic E-state index is 10.3. The summed E-state index contributed by atoms with van der Waals surface area (Å²) >= 11 is 0. The second-order valence-electron chi connectivity index (χ2n) is 2.57. The van der Waals surface area contributed by atoms with Crippen molar-refractivity contribution in [1.82, 2.24) is 0 Å². The maximum absolute atomic E-state index is 10.3. The number of hydrogen-bond donors (Lipinski definition) is 3. The van der Waals surface area contributed by atoms with Gasteiger partial charge in [0.2, 0.25) is 1.43 Å². The molecule has 0 saturated heterocycles. The van der Waals surface area contributed by atoms with Gasteiger partial charge in [0.15, 0.2) is 0 Å². The summed E-state index contributed by atoms with van der Waals surface area (Å²) in [6.45, 7) is 3.50. The normalized spacial score (nSPS) is 18.2. The van der Waals surface area contributed by atoms with E-state index in [0.29, 0.717) is 0 Å². The van der Waals surface area contributed by atoms with Gasteiger partial charge < -0.3 is 15.9 Å². The number of aliphatic hydroxyl groups is 1. The van der Waals surface area contributed by atoms with Crippen LogP contribution in [0.3, 0.4) is 0 Å². The summed E-state index contributed by atoms with van der Waals surface area (Å²) in [4.78, 5) is 10.3. The third-order valence-electron chi connectivity index (χ3n) is 1.30. The summed E-state index contributed by atoms with van der Waals surface area (Å²) in [5, 5.41) is 12.6. The Labute approximate surface area is 61.1 Å². The molecule has 0 heterocycles. The van der Waals surface area contributed by atoms with Gasteiger partial charge in [-0.15, -0.1) is 0 Å². The molecule has 0 bridgehead atoms. The van der Waals surface area contributed by atoms with E-state index in [0.717, 1.165) is 0 Å². The Morgan fingerprint density at radius 1 is 1.70 bits per heavy atom. The molecule has 0 spiro atoms. The van der Waals surface area contributed by atoms with Crippen molar-refractivity contribution in [2.45, 2.75) is 26.0 Å². The van der Waals surface area contributed by atoms with Gasteiger partial charge in [-0.25, -0.2) is 0 Å². The van der Waals surface area contributed by atoms with E-state index in [2.05, 4.69) is 5.11 Å². The third kappa shape index (κ3) is 2.33. The van der Waals surface area contributed by atoms with E-state index in [9.17, 15) is 4.79 Å². The van der Waals surface area contributed by atoms with Crippen LogP contribution >= 0.6 is 0 Å². The number of hydrogen-bond acceptors (Lipinski definition) is 3. The van der Waals surface area contributed by atoms with Crippen molar-refractivity contribution < 1.29 is 15.0 Å². The van der Waals surface area contributed by atoms with Crippen LogP contribution in [0.1, 0.15) is 13.8 Å². The Morgan fingerprint density at radius 2 is 2.20 bits per heavy atom. The van der Waals surface area contributed by atoms with Crippen LogP contribution in [0.4, 0.5) is 0 Å². The minimum atomic E-state index is -1.14. The molecule has 0 unspecified atom stereocenters. The minimum absolute atomic E-state index is 0.0707. The van der Waals surface area contributed by atoms with Crippen LogP contribution in [0.2, 0.25) is 0 Å². The summed E-state index contributed by atoms with van der Waals surface area (Å²) in [7, 11) is 0. The SMILES string of the molecule is [2H]O[C@@H](C(C)C)[C@H](N)C(=O)O. The number of aliphatic hydroxyl groups excluding tert-OH is 1. The molecular formula is C6H13NO3. The molecule has 0 fully saturated rings. The number of rotatable bonds is 4. The first-order chi connectivity index (χ1) is 5.00. The number of nitrogens with two attached hydrogens (primary N) is 1. The lowest BCUT2D eigenvalue weighted by atomic mass is 10.0. The molecule has 0 aliphatic heterocycles. The average Bonchev–Trinajstić information content (AvgIpc) is 1.88. The first-order valence-electron chi connectivity index (χ1n) is 3.52. The maximum Gasteiger partial charge on any atom is 0.323 e. The predicted molar refractivity (Wildman–Crippen MR) is 36.5 cm³/mol. The summed E-state index contributed by atoms with van der Waals surface area (Å²) in [5.74, 6) is -1.21. The molecule has 0 aromatic carbocycles. The molecular weight excluding hydrogens is 134 g/mol. The van der Waals surface area contributed by atoms with Crippen LogP contribution in [0.25, 0.3) is 0 Å².